The molecule has 2 aromatic carbocycles. The van der Waals surface area contributed by atoms with Crippen molar-refractivity contribution in [2.75, 3.05) is 17.3 Å². The first-order valence-electron chi connectivity index (χ1n) is 7.97. The molecule has 1 amide bonds. The Balaban J connectivity index is 2.17. The van der Waals surface area contributed by atoms with Crippen molar-refractivity contribution in [2.24, 2.45) is 0 Å². The topological polar surface area (TPSA) is 75.3 Å². The first-order chi connectivity index (χ1) is 12.3. The third kappa shape index (κ3) is 5.55. The van der Waals surface area contributed by atoms with E-state index in [-0.39, 0.29) is 10.6 Å². The standard InChI is InChI=1S/C18H21FN2O3S2/c1-13-8-9-14(12-16(13)19)20-18(22)17(10-11-25-2)21-26(23,24)15-6-4-3-5-7-15/h3-9,12,17,21H,10-11H2,1-2H3,(H,20,22)/t17-/m0/s1. The first kappa shape index (κ1) is 20.4. The minimum Gasteiger partial charge on any atom is -0.325 e. The summed E-state index contributed by atoms with van der Waals surface area (Å²) in [7, 11) is -3.84. The monoisotopic (exact) mass is 396 g/mol. The summed E-state index contributed by atoms with van der Waals surface area (Å²) in [6.45, 7) is 1.62. The van der Waals surface area contributed by atoms with E-state index in [1.165, 1.54) is 30.0 Å². The predicted molar refractivity (Wildman–Crippen MR) is 103 cm³/mol. The second-order valence-corrected chi connectivity index (χ2v) is 8.42. The van der Waals surface area contributed by atoms with E-state index in [9.17, 15) is 17.6 Å². The molecule has 0 fully saturated rings. The number of hydrogen-bond acceptors (Lipinski definition) is 4. The van der Waals surface area contributed by atoms with E-state index in [4.69, 9.17) is 0 Å². The summed E-state index contributed by atoms with van der Waals surface area (Å²) in [6, 6.07) is 11.2. The van der Waals surface area contributed by atoms with Gasteiger partial charge in [0.15, 0.2) is 0 Å². The van der Waals surface area contributed by atoms with Crippen LogP contribution in [0.25, 0.3) is 0 Å². The molecule has 0 heterocycles. The van der Waals surface area contributed by atoms with Crippen LogP contribution in [0.1, 0.15) is 12.0 Å². The van der Waals surface area contributed by atoms with Gasteiger partial charge in [-0.3, -0.25) is 4.79 Å². The van der Waals surface area contributed by atoms with Gasteiger partial charge in [0, 0.05) is 5.69 Å². The lowest BCUT2D eigenvalue weighted by Gasteiger charge is -2.18. The van der Waals surface area contributed by atoms with E-state index in [1.807, 2.05) is 6.26 Å². The minimum absolute atomic E-state index is 0.0864. The highest BCUT2D eigenvalue weighted by atomic mass is 32.2. The van der Waals surface area contributed by atoms with Gasteiger partial charge in [0.1, 0.15) is 11.9 Å². The molecule has 2 N–H and O–H groups in total. The number of benzene rings is 2. The summed E-state index contributed by atoms with van der Waals surface area (Å²) >= 11 is 1.51. The van der Waals surface area contributed by atoms with Crippen molar-refractivity contribution >= 4 is 33.4 Å². The van der Waals surface area contributed by atoms with Crippen LogP contribution in [-0.2, 0) is 14.8 Å². The highest BCUT2D eigenvalue weighted by Crippen LogP contribution is 2.16. The summed E-state index contributed by atoms with van der Waals surface area (Å²) in [5.74, 6) is -0.368. The smallest absolute Gasteiger partial charge is 0.242 e. The van der Waals surface area contributed by atoms with E-state index < -0.39 is 27.8 Å². The van der Waals surface area contributed by atoms with Crippen molar-refractivity contribution in [3.63, 3.8) is 0 Å². The normalized spacial score (nSPS) is 12.6. The van der Waals surface area contributed by atoms with Crippen molar-refractivity contribution in [3.05, 3.63) is 59.9 Å². The van der Waals surface area contributed by atoms with E-state index in [2.05, 4.69) is 10.0 Å². The number of amides is 1. The maximum atomic E-state index is 13.7. The molecule has 0 spiro atoms. The second-order valence-electron chi connectivity index (χ2n) is 5.72. The Bertz CT molecular complexity index is 858. The third-order valence-electron chi connectivity index (χ3n) is 3.72. The van der Waals surface area contributed by atoms with Gasteiger partial charge in [0.2, 0.25) is 15.9 Å². The zero-order valence-electron chi connectivity index (χ0n) is 14.5. The summed E-state index contributed by atoms with van der Waals surface area (Å²) in [5.41, 5.74) is 0.748. The molecule has 0 saturated carbocycles. The maximum Gasteiger partial charge on any atom is 0.242 e. The first-order valence-corrected chi connectivity index (χ1v) is 10.8. The van der Waals surface area contributed by atoms with Gasteiger partial charge in [-0.15, -0.1) is 0 Å². The summed E-state index contributed by atoms with van der Waals surface area (Å²) < 4.78 is 41.1. The molecule has 26 heavy (non-hydrogen) atoms. The lowest BCUT2D eigenvalue weighted by Crippen LogP contribution is -2.44. The number of hydrogen-bond donors (Lipinski definition) is 2. The molecular formula is C18H21FN2O3S2. The lowest BCUT2D eigenvalue weighted by molar-refractivity contribution is -0.117. The number of thioether (sulfide) groups is 1. The van der Waals surface area contributed by atoms with Gasteiger partial charge in [-0.05, 0) is 55.2 Å². The number of aryl methyl sites for hydroxylation is 1. The van der Waals surface area contributed by atoms with Gasteiger partial charge in [-0.25, -0.2) is 12.8 Å². The SMILES string of the molecule is CSCC[C@H](NS(=O)(=O)c1ccccc1)C(=O)Nc1ccc(C)c(F)c1. The third-order valence-corrected chi connectivity index (χ3v) is 5.85. The Morgan fingerprint density at radius 2 is 1.88 bits per heavy atom. The fourth-order valence-electron chi connectivity index (χ4n) is 2.23. The van der Waals surface area contributed by atoms with Gasteiger partial charge >= 0.3 is 0 Å². The van der Waals surface area contributed by atoms with E-state index >= 15 is 0 Å². The van der Waals surface area contributed by atoms with Gasteiger partial charge < -0.3 is 5.32 Å². The fourth-order valence-corrected chi connectivity index (χ4v) is 3.96. The zero-order chi connectivity index (χ0) is 19.2. The number of carbonyl (C=O) groups excluding carboxylic acids is 1. The van der Waals surface area contributed by atoms with Gasteiger partial charge in [-0.2, -0.15) is 16.5 Å². The maximum absolute atomic E-state index is 13.7. The molecule has 2 aromatic rings. The average Bonchev–Trinajstić information content (AvgIpc) is 2.62. The van der Waals surface area contributed by atoms with Crippen molar-refractivity contribution in [1.29, 1.82) is 0 Å². The molecule has 5 nitrogen and oxygen atoms in total. The Labute approximate surface area is 157 Å². The number of carbonyl (C=O) groups is 1. The largest absolute Gasteiger partial charge is 0.325 e. The van der Waals surface area contributed by atoms with Gasteiger partial charge in [-0.1, -0.05) is 24.3 Å². The summed E-state index contributed by atoms with van der Waals surface area (Å²) in [6.07, 6.45) is 2.18. The van der Waals surface area contributed by atoms with Crippen molar-refractivity contribution < 1.29 is 17.6 Å². The van der Waals surface area contributed by atoms with Crippen LogP contribution in [0.15, 0.2) is 53.4 Å². The van der Waals surface area contributed by atoms with Crippen LogP contribution in [0.3, 0.4) is 0 Å². The van der Waals surface area contributed by atoms with Crippen molar-refractivity contribution in [3.8, 4) is 0 Å². The number of sulfonamides is 1. The summed E-state index contributed by atoms with van der Waals surface area (Å²) in [4.78, 5) is 12.6. The summed E-state index contributed by atoms with van der Waals surface area (Å²) in [5, 5.41) is 2.58. The van der Waals surface area contributed by atoms with E-state index in [1.54, 1.807) is 37.3 Å². The Kier molecular flexibility index (Phi) is 7.19. The highest BCUT2D eigenvalue weighted by molar-refractivity contribution is 7.98. The zero-order valence-corrected chi connectivity index (χ0v) is 16.2. The highest BCUT2D eigenvalue weighted by Gasteiger charge is 2.25. The van der Waals surface area contributed by atoms with Crippen LogP contribution in [0, 0.1) is 12.7 Å². The van der Waals surface area contributed by atoms with Gasteiger partial charge in [0.05, 0.1) is 4.90 Å². The van der Waals surface area contributed by atoms with E-state index in [0.717, 1.165) is 0 Å². The van der Waals surface area contributed by atoms with Crippen molar-refractivity contribution in [1.82, 2.24) is 4.72 Å². The Hall–Kier alpha value is -1.90. The van der Waals surface area contributed by atoms with E-state index in [0.29, 0.717) is 17.7 Å². The molecule has 0 aliphatic rings. The molecule has 140 valence electrons. The second kappa shape index (κ2) is 9.16. The lowest BCUT2D eigenvalue weighted by atomic mass is 10.2. The molecule has 0 bridgehead atoms. The molecule has 1 atom stereocenters. The Morgan fingerprint density at radius 1 is 1.19 bits per heavy atom. The number of rotatable bonds is 8. The molecule has 0 saturated heterocycles. The predicted octanol–water partition coefficient (Wildman–Crippen LogP) is 3.17. The van der Waals surface area contributed by atoms with Crippen molar-refractivity contribution in [2.45, 2.75) is 24.3 Å². The molecule has 0 aromatic heterocycles. The minimum atomic E-state index is -3.84. The molecule has 0 radical (unpaired) electrons. The average molecular weight is 397 g/mol. The molecular weight excluding hydrogens is 375 g/mol. The molecule has 0 unspecified atom stereocenters. The molecule has 0 aliphatic heterocycles. The van der Waals surface area contributed by atoms with Crippen LogP contribution in [0.2, 0.25) is 0 Å². The number of nitrogens with one attached hydrogen (secondary N) is 2. The van der Waals surface area contributed by atoms with Crippen LogP contribution in [-0.4, -0.2) is 32.4 Å². The number of halogens is 1. The quantitative estimate of drug-likeness (QED) is 0.719. The molecule has 8 heteroatoms. The fraction of sp³-hybridized carbons (Fsp3) is 0.278. The van der Waals surface area contributed by atoms with Crippen LogP contribution in [0.4, 0.5) is 10.1 Å². The van der Waals surface area contributed by atoms with Crippen LogP contribution in [0.5, 0.6) is 0 Å². The van der Waals surface area contributed by atoms with Crippen LogP contribution >= 0.6 is 11.8 Å². The number of anilines is 1. The molecule has 2 rings (SSSR count). The van der Waals surface area contributed by atoms with Gasteiger partial charge in [0.25, 0.3) is 0 Å². The molecule has 0 aliphatic carbocycles. The van der Waals surface area contributed by atoms with Crippen LogP contribution < -0.4 is 10.0 Å². The Morgan fingerprint density at radius 3 is 2.50 bits per heavy atom.